The lowest BCUT2D eigenvalue weighted by atomic mass is 10.1. The standard InChI is InChI=1S/C18H16N8O/c19-10-13(17-24-15-4-1-2-5-16(15)27-17)14-6-8-22-18(25-14)21-7-3-9-26-12-20-11-23-26/h1-2,4-6,8,11-13H,3,7,9H2,(H,21,22,25). The third-order valence-corrected chi connectivity index (χ3v) is 3.97. The van der Waals surface area contributed by atoms with Gasteiger partial charge < -0.3 is 9.73 Å². The van der Waals surface area contributed by atoms with Gasteiger partial charge in [0, 0.05) is 19.3 Å². The molecule has 3 aromatic heterocycles. The molecule has 3 heterocycles. The summed E-state index contributed by atoms with van der Waals surface area (Å²) in [5, 5.41) is 16.8. The predicted molar refractivity (Wildman–Crippen MR) is 96.6 cm³/mol. The van der Waals surface area contributed by atoms with Gasteiger partial charge in [0.15, 0.2) is 11.5 Å². The number of nitrogens with zero attached hydrogens (tertiary/aromatic N) is 7. The van der Waals surface area contributed by atoms with Crippen molar-refractivity contribution in [1.82, 2.24) is 29.7 Å². The number of aromatic nitrogens is 6. The van der Waals surface area contributed by atoms with Crippen LogP contribution in [0.3, 0.4) is 0 Å². The van der Waals surface area contributed by atoms with E-state index in [9.17, 15) is 5.26 Å². The van der Waals surface area contributed by atoms with Crippen LogP contribution in [0.5, 0.6) is 0 Å². The predicted octanol–water partition coefficient (Wildman–Crippen LogP) is 2.37. The van der Waals surface area contributed by atoms with Gasteiger partial charge in [0.05, 0.1) is 11.8 Å². The molecule has 0 aliphatic heterocycles. The molecule has 9 heteroatoms. The van der Waals surface area contributed by atoms with Crippen molar-refractivity contribution in [2.45, 2.75) is 18.9 Å². The van der Waals surface area contributed by atoms with Gasteiger partial charge in [0.1, 0.15) is 18.2 Å². The van der Waals surface area contributed by atoms with Crippen LogP contribution in [-0.2, 0) is 6.54 Å². The van der Waals surface area contributed by atoms with E-state index in [2.05, 4.69) is 36.4 Å². The van der Waals surface area contributed by atoms with Crippen LogP contribution < -0.4 is 5.32 Å². The molecular formula is C18H16N8O. The number of oxazole rings is 1. The first-order valence-electron chi connectivity index (χ1n) is 8.48. The lowest BCUT2D eigenvalue weighted by molar-refractivity contribution is 0.525. The van der Waals surface area contributed by atoms with E-state index in [1.54, 1.807) is 23.3 Å². The Kier molecular flexibility index (Phi) is 4.70. The fraction of sp³-hybridized carbons (Fsp3) is 0.222. The third-order valence-electron chi connectivity index (χ3n) is 3.97. The van der Waals surface area contributed by atoms with Crippen LogP contribution in [0.2, 0.25) is 0 Å². The van der Waals surface area contributed by atoms with E-state index in [0.29, 0.717) is 35.2 Å². The average Bonchev–Trinajstić information content (AvgIpc) is 3.36. The van der Waals surface area contributed by atoms with Crippen molar-refractivity contribution in [3.8, 4) is 6.07 Å². The van der Waals surface area contributed by atoms with E-state index in [0.717, 1.165) is 13.0 Å². The summed E-state index contributed by atoms with van der Waals surface area (Å²) < 4.78 is 7.49. The topological polar surface area (TPSA) is 118 Å². The average molecular weight is 360 g/mol. The summed E-state index contributed by atoms with van der Waals surface area (Å²) in [6, 6.07) is 11.3. The quantitative estimate of drug-likeness (QED) is 0.499. The zero-order valence-electron chi connectivity index (χ0n) is 14.4. The lowest BCUT2D eigenvalue weighted by Gasteiger charge is -2.08. The van der Waals surface area contributed by atoms with Gasteiger partial charge in [-0.2, -0.15) is 10.4 Å². The van der Waals surface area contributed by atoms with Crippen LogP contribution in [0.4, 0.5) is 5.95 Å². The number of nitrogens with one attached hydrogen (secondary N) is 1. The Morgan fingerprint density at radius 3 is 2.96 bits per heavy atom. The van der Waals surface area contributed by atoms with Gasteiger partial charge in [-0.25, -0.2) is 19.9 Å². The molecule has 0 bridgehead atoms. The van der Waals surface area contributed by atoms with Crippen molar-refractivity contribution in [3.63, 3.8) is 0 Å². The highest BCUT2D eigenvalue weighted by molar-refractivity contribution is 5.72. The van der Waals surface area contributed by atoms with Crippen molar-refractivity contribution in [2.24, 2.45) is 0 Å². The van der Waals surface area contributed by atoms with E-state index < -0.39 is 5.92 Å². The first-order valence-corrected chi connectivity index (χ1v) is 8.48. The second-order valence-corrected chi connectivity index (χ2v) is 5.83. The highest BCUT2D eigenvalue weighted by atomic mass is 16.3. The third kappa shape index (κ3) is 3.74. The molecule has 1 atom stereocenters. The maximum Gasteiger partial charge on any atom is 0.222 e. The van der Waals surface area contributed by atoms with Crippen molar-refractivity contribution >= 4 is 17.0 Å². The number of para-hydroxylation sites is 2. The van der Waals surface area contributed by atoms with E-state index in [4.69, 9.17) is 4.42 Å². The summed E-state index contributed by atoms with van der Waals surface area (Å²) in [5.74, 6) is 0.0908. The number of hydrogen-bond acceptors (Lipinski definition) is 8. The second-order valence-electron chi connectivity index (χ2n) is 5.83. The molecule has 134 valence electrons. The minimum absolute atomic E-state index is 0.328. The molecular weight excluding hydrogens is 344 g/mol. The molecule has 27 heavy (non-hydrogen) atoms. The van der Waals surface area contributed by atoms with Gasteiger partial charge >= 0.3 is 0 Å². The molecule has 4 aromatic rings. The van der Waals surface area contributed by atoms with E-state index in [1.807, 2.05) is 24.3 Å². The molecule has 9 nitrogen and oxygen atoms in total. The Morgan fingerprint density at radius 2 is 2.15 bits per heavy atom. The van der Waals surface area contributed by atoms with Gasteiger partial charge in [-0.15, -0.1) is 0 Å². The molecule has 1 aromatic carbocycles. The molecule has 0 fully saturated rings. The Morgan fingerprint density at radius 1 is 1.22 bits per heavy atom. The van der Waals surface area contributed by atoms with E-state index in [1.165, 1.54) is 6.33 Å². The fourth-order valence-electron chi connectivity index (χ4n) is 2.67. The van der Waals surface area contributed by atoms with E-state index >= 15 is 0 Å². The molecule has 0 saturated carbocycles. The summed E-state index contributed by atoms with van der Waals surface area (Å²) in [6.45, 7) is 1.42. The number of fused-ring (bicyclic) bond motifs is 1. The minimum Gasteiger partial charge on any atom is -0.439 e. The SMILES string of the molecule is N#CC(c1ccnc(NCCCn2cncn2)n1)c1nc2ccccc2o1. The molecule has 1 unspecified atom stereocenters. The summed E-state index contributed by atoms with van der Waals surface area (Å²) in [5.41, 5.74) is 1.90. The van der Waals surface area contributed by atoms with Gasteiger partial charge in [-0.05, 0) is 24.6 Å². The zero-order chi connectivity index (χ0) is 18.5. The maximum atomic E-state index is 9.62. The summed E-state index contributed by atoms with van der Waals surface area (Å²) in [4.78, 5) is 17.0. The number of rotatable bonds is 7. The van der Waals surface area contributed by atoms with Crippen LogP contribution in [-0.4, -0.2) is 36.3 Å². The first kappa shape index (κ1) is 16.7. The molecule has 0 amide bonds. The molecule has 0 radical (unpaired) electrons. The second kappa shape index (κ2) is 7.61. The Balaban J connectivity index is 1.46. The van der Waals surface area contributed by atoms with Crippen LogP contribution in [0.25, 0.3) is 11.1 Å². The van der Waals surface area contributed by atoms with Crippen molar-refractivity contribution < 1.29 is 4.42 Å². The zero-order valence-corrected chi connectivity index (χ0v) is 14.4. The molecule has 4 rings (SSSR count). The number of hydrogen-bond donors (Lipinski definition) is 1. The van der Waals surface area contributed by atoms with Crippen LogP contribution >= 0.6 is 0 Å². The number of anilines is 1. The summed E-state index contributed by atoms with van der Waals surface area (Å²) in [7, 11) is 0. The minimum atomic E-state index is -0.698. The van der Waals surface area contributed by atoms with Gasteiger partial charge in [0.2, 0.25) is 11.8 Å². The number of aryl methyl sites for hydroxylation is 1. The first-order chi connectivity index (χ1) is 13.3. The maximum absolute atomic E-state index is 9.62. The van der Waals surface area contributed by atoms with Crippen molar-refractivity contribution in [2.75, 3.05) is 11.9 Å². The Bertz CT molecular complexity index is 1030. The normalized spacial score (nSPS) is 12.0. The Labute approximate surface area is 154 Å². The molecule has 1 N–H and O–H groups in total. The van der Waals surface area contributed by atoms with Crippen molar-refractivity contribution in [1.29, 1.82) is 5.26 Å². The highest BCUT2D eigenvalue weighted by Crippen LogP contribution is 2.25. The van der Waals surface area contributed by atoms with Crippen LogP contribution in [0, 0.1) is 11.3 Å². The largest absolute Gasteiger partial charge is 0.439 e. The van der Waals surface area contributed by atoms with Crippen LogP contribution in [0.1, 0.15) is 23.9 Å². The van der Waals surface area contributed by atoms with Crippen LogP contribution in [0.15, 0.2) is 53.6 Å². The molecule has 0 aliphatic carbocycles. The number of benzene rings is 1. The molecule has 0 saturated heterocycles. The smallest absolute Gasteiger partial charge is 0.222 e. The monoisotopic (exact) mass is 360 g/mol. The summed E-state index contributed by atoms with van der Waals surface area (Å²) in [6.07, 6.45) is 5.64. The van der Waals surface area contributed by atoms with Gasteiger partial charge in [-0.3, -0.25) is 4.68 Å². The van der Waals surface area contributed by atoms with E-state index in [-0.39, 0.29) is 0 Å². The Hall–Kier alpha value is -3.80. The summed E-state index contributed by atoms with van der Waals surface area (Å²) >= 11 is 0. The number of nitriles is 1. The van der Waals surface area contributed by atoms with Gasteiger partial charge in [-0.1, -0.05) is 12.1 Å². The molecule has 0 spiro atoms. The lowest BCUT2D eigenvalue weighted by Crippen LogP contribution is -2.11. The fourth-order valence-corrected chi connectivity index (χ4v) is 2.67. The van der Waals surface area contributed by atoms with Crippen molar-refractivity contribution in [3.05, 3.63) is 60.8 Å². The highest BCUT2D eigenvalue weighted by Gasteiger charge is 2.22. The van der Waals surface area contributed by atoms with Gasteiger partial charge in [0.25, 0.3) is 0 Å². The molecule has 0 aliphatic rings.